The zero-order valence-electron chi connectivity index (χ0n) is 18.4. The van der Waals surface area contributed by atoms with E-state index in [-0.39, 0.29) is 16.8 Å². The maximum absolute atomic E-state index is 13.9. The van der Waals surface area contributed by atoms with Gasteiger partial charge in [0.05, 0.1) is 29.6 Å². The summed E-state index contributed by atoms with van der Waals surface area (Å²) < 4.78 is 19.6. The summed E-state index contributed by atoms with van der Waals surface area (Å²) in [4.78, 5) is 25.0. The van der Waals surface area contributed by atoms with Gasteiger partial charge in [0.15, 0.2) is 0 Å². The number of hydrogen-bond donors (Lipinski definition) is 2. The van der Waals surface area contributed by atoms with Crippen molar-refractivity contribution in [2.24, 2.45) is 5.10 Å². The minimum Gasteiger partial charge on any atom is -0.494 e. The van der Waals surface area contributed by atoms with Gasteiger partial charge in [-0.3, -0.25) is 9.59 Å². The van der Waals surface area contributed by atoms with Crippen LogP contribution in [0.15, 0.2) is 77.9 Å². The van der Waals surface area contributed by atoms with E-state index in [2.05, 4.69) is 22.8 Å². The molecule has 0 heterocycles. The van der Waals surface area contributed by atoms with Crippen molar-refractivity contribution in [3.05, 3.63) is 95.3 Å². The van der Waals surface area contributed by atoms with Crippen molar-refractivity contribution in [2.45, 2.75) is 26.2 Å². The maximum atomic E-state index is 13.9. The number of carbonyl (C=O) groups is 2. The molecule has 33 heavy (non-hydrogen) atoms. The number of unbranched alkanes of at least 4 members (excludes halogenated alkanes) is 2. The van der Waals surface area contributed by atoms with E-state index < -0.39 is 17.6 Å². The molecular formula is C26H26FN3O3. The Hall–Kier alpha value is -4.00. The second-order valence-electron chi connectivity index (χ2n) is 7.30. The number of nitrogens with zero attached hydrogens (tertiary/aromatic N) is 1. The summed E-state index contributed by atoms with van der Waals surface area (Å²) in [6, 6.07) is 19.5. The predicted octanol–water partition coefficient (Wildman–Crippen LogP) is 5.41. The SMILES string of the molecule is CCCCCOc1ccc(/C=N\NC(=O)c2ccccc2NC(=O)c2ccccc2F)cc1. The van der Waals surface area contributed by atoms with Gasteiger partial charge in [-0.1, -0.05) is 44.0 Å². The average Bonchev–Trinajstić information content (AvgIpc) is 2.83. The van der Waals surface area contributed by atoms with Gasteiger partial charge in [0.1, 0.15) is 11.6 Å². The molecule has 0 saturated heterocycles. The fraction of sp³-hybridized carbons (Fsp3) is 0.192. The van der Waals surface area contributed by atoms with Crippen LogP contribution in [0.5, 0.6) is 5.75 Å². The lowest BCUT2D eigenvalue weighted by Gasteiger charge is -2.10. The van der Waals surface area contributed by atoms with Gasteiger partial charge in [-0.2, -0.15) is 5.10 Å². The van der Waals surface area contributed by atoms with E-state index in [4.69, 9.17) is 4.74 Å². The fourth-order valence-corrected chi connectivity index (χ4v) is 3.04. The van der Waals surface area contributed by atoms with Crippen molar-refractivity contribution in [3.63, 3.8) is 0 Å². The second-order valence-corrected chi connectivity index (χ2v) is 7.30. The largest absolute Gasteiger partial charge is 0.494 e. The number of hydrogen-bond acceptors (Lipinski definition) is 4. The minimum absolute atomic E-state index is 0.108. The van der Waals surface area contributed by atoms with Gasteiger partial charge in [0.25, 0.3) is 11.8 Å². The molecule has 0 spiro atoms. The smallest absolute Gasteiger partial charge is 0.273 e. The van der Waals surface area contributed by atoms with Crippen LogP contribution in [0.25, 0.3) is 0 Å². The highest BCUT2D eigenvalue weighted by Gasteiger charge is 2.15. The van der Waals surface area contributed by atoms with E-state index in [1.54, 1.807) is 30.3 Å². The molecule has 3 rings (SSSR count). The number of anilines is 1. The summed E-state index contributed by atoms with van der Waals surface area (Å²) in [5.74, 6) is -1.01. The van der Waals surface area contributed by atoms with Crippen LogP contribution < -0.4 is 15.5 Å². The molecule has 7 heteroatoms. The number of para-hydroxylation sites is 1. The molecule has 2 amide bonds. The van der Waals surface area contributed by atoms with Crippen LogP contribution in [-0.4, -0.2) is 24.6 Å². The quantitative estimate of drug-likeness (QED) is 0.248. The van der Waals surface area contributed by atoms with Crippen molar-refractivity contribution in [1.29, 1.82) is 0 Å². The zero-order chi connectivity index (χ0) is 23.5. The monoisotopic (exact) mass is 447 g/mol. The Kier molecular flexibility index (Phi) is 8.71. The lowest BCUT2D eigenvalue weighted by atomic mass is 10.1. The Bertz CT molecular complexity index is 1110. The highest BCUT2D eigenvalue weighted by molar-refractivity contribution is 6.09. The number of amides is 2. The van der Waals surface area contributed by atoms with Crippen LogP contribution >= 0.6 is 0 Å². The van der Waals surface area contributed by atoms with Crippen molar-refractivity contribution in [2.75, 3.05) is 11.9 Å². The molecule has 0 aliphatic carbocycles. The molecular weight excluding hydrogens is 421 g/mol. The van der Waals surface area contributed by atoms with Crippen LogP contribution in [0.2, 0.25) is 0 Å². The molecule has 2 N–H and O–H groups in total. The first-order valence-electron chi connectivity index (χ1n) is 10.8. The number of halogens is 1. The van der Waals surface area contributed by atoms with Crippen molar-refractivity contribution in [3.8, 4) is 5.75 Å². The number of ether oxygens (including phenoxy) is 1. The summed E-state index contributed by atoms with van der Waals surface area (Å²) in [5.41, 5.74) is 3.59. The molecule has 0 aliphatic rings. The molecule has 0 bridgehead atoms. The van der Waals surface area contributed by atoms with Crippen LogP contribution in [0, 0.1) is 5.82 Å². The van der Waals surface area contributed by atoms with Gasteiger partial charge in [-0.15, -0.1) is 0 Å². The third kappa shape index (κ3) is 7.00. The van der Waals surface area contributed by atoms with Gasteiger partial charge in [0, 0.05) is 0 Å². The van der Waals surface area contributed by atoms with Gasteiger partial charge in [-0.05, 0) is 60.5 Å². The van der Waals surface area contributed by atoms with E-state index in [9.17, 15) is 14.0 Å². The molecule has 0 unspecified atom stereocenters. The van der Waals surface area contributed by atoms with E-state index in [1.807, 2.05) is 24.3 Å². The number of benzene rings is 3. The first-order valence-corrected chi connectivity index (χ1v) is 10.8. The Morgan fingerprint density at radius 2 is 1.61 bits per heavy atom. The van der Waals surface area contributed by atoms with Gasteiger partial charge in [0.2, 0.25) is 0 Å². The molecule has 3 aromatic rings. The van der Waals surface area contributed by atoms with E-state index in [0.717, 1.165) is 30.6 Å². The van der Waals surface area contributed by atoms with Crippen LogP contribution in [0.3, 0.4) is 0 Å². The number of carbonyl (C=O) groups excluding carboxylic acids is 2. The summed E-state index contributed by atoms with van der Waals surface area (Å²) >= 11 is 0. The van der Waals surface area contributed by atoms with E-state index >= 15 is 0 Å². The Balaban J connectivity index is 1.59. The van der Waals surface area contributed by atoms with Crippen molar-refractivity contribution < 1.29 is 18.7 Å². The maximum Gasteiger partial charge on any atom is 0.273 e. The average molecular weight is 448 g/mol. The standard InChI is InChI=1S/C26H26FN3O3/c1-2-3-8-17-33-20-15-13-19(14-16-20)18-28-30-26(32)22-10-5-7-12-24(22)29-25(31)21-9-4-6-11-23(21)27/h4-7,9-16,18H,2-3,8,17H2,1H3,(H,29,31)(H,30,32)/b28-18-. The van der Waals surface area contributed by atoms with Gasteiger partial charge < -0.3 is 10.1 Å². The summed E-state index contributed by atoms with van der Waals surface area (Å²) in [5, 5.41) is 6.57. The zero-order valence-corrected chi connectivity index (χ0v) is 18.4. The summed E-state index contributed by atoms with van der Waals surface area (Å²) in [6.45, 7) is 2.83. The van der Waals surface area contributed by atoms with Crippen LogP contribution in [0.1, 0.15) is 52.5 Å². The predicted molar refractivity (Wildman–Crippen MR) is 127 cm³/mol. The molecule has 170 valence electrons. The third-order valence-corrected chi connectivity index (χ3v) is 4.81. The van der Waals surface area contributed by atoms with Gasteiger partial charge in [-0.25, -0.2) is 9.82 Å². The van der Waals surface area contributed by atoms with Crippen molar-refractivity contribution >= 4 is 23.7 Å². The number of nitrogens with one attached hydrogen (secondary N) is 2. The van der Waals surface area contributed by atoms with E-state index in [1.165, 1.54) is 24.4 Å². The normalized spacial score (nSPS) is 10.7. The lowest BCUT2D eigenvalue weighted by Crippen LogP contribution is -2.21. The van der Waals surface area contributed by atoms with E-state index in [0.29, 0.717) is 6.61 Å². The summed E-state index contributed by atoms with van der Waals surface area (Å²) in [6.07, 6.45) is 4.82. The van der Waals surface area contributed by atoms with Crippen LogP contribution in [0.4, 0.5) is 10.1 Å². The third-order valence-electron chi connectivity index (χ3n) is 4.81. The molecule has 0 saturated carbocycles. The van der Waals surface area contributed by atoms with Gasteiger partial charge >= 0.3 is 0 Å². The molecule has 0 fully saturated rings. The molecule has 0 radical (unpaired) electrons. The highest BCUT2D eigenvalue weighted by Crippen LogP contribution is 2.17. The molecule has 3 aromatic carbocycles. The first-order chi connectivity index (χ1) is 16.1. The minimum atomic E-state index is -0.645. The Labute approximate surface area is 192 Å². The highest BCUT2D eigenvalue weighted by atomic mass is 19.1. The molecule has 0 aromatic heterocycles. The number of rotatable bonds is 10. The lowest BCUT2D eigenvalue weighted by molar-refractivity contribution is 0.0956. The second kappa shape index (κ2) is 12.1. The Morgan fingerprint density at radius 1 is 0.909 bits per heavy atom. The van der Waals surface area contributed by atoms with Crippen LogP contribution in [-0.2, 0) is 0 Å². The van der Waals surface area contributed by atoms with Crippen molar-refractivity contribution in [1.82, 2.24) is 5.43 Å². The topological polar surface area (TPSA) is 79.8 Å². The number of hydrazone groups is 1. The fourth-order valence-electron chi connectivity index (χ4n) is 3.04. The Morgan fingerprint density at radius 3 is 2.33 bits per heavy atom. The molecule has 0 atom stereocenters. The first kappa shape index (κ1) is 23.7. The molecule has 0 aliphatic heterocycles. The summed E-state index contributed by atoms with van der Waals surface area (Å²) in [7, 11) is 0. The molecule has 6 nitrogen and oxygen atoms in total.